The molecule has 142 valence electrons. The van der Waals surface area contributed by atoms with Crippen molar-refractivity contribution in [2.24, 2.45) is 4.99 Å². The molecular weight excluding hydrogens is 388 g/mol. The molecule has 6 nitrogen and oxygen atoms in total. The van der Waals surface area contributed by atoms with Crippen molar-refractivity contribution in [2.45, 2.75) is 0 Å². The Hall–Kier alpha value is -2.48. The minimum atomic E-state index is -1.82. The maximum absolute atomic E-state index is 9.10. The van der Waals surface area contributed by atoms with Gasteiger partial charge < -0.3 is 15.1 Å². The third kappa shape index (κ3) is 5.75. The number of fused-ring (bicyclic) bond motifs is 2. The number of carboxylic acid groups (broad SMARTS) is 2. The van der Waals surface area contributed by atoms with E-state index >= 15 is 0 Å². The zero-order chi connectivity index (χ0) is 20.0. The van der Waals surface area contributed by atoms with Crippen molar-refractivity contribution in [3.63, 3.8) is 0 Å². The first-order valence-electron chi connectivity index (χ1n) is 8.02. The van der Waals surface area contributed by atoms with Gasteiger partial charge in [-0.25, -0.2) is 9.59 Å². The summed E-state index contributed by atoms with van der Waals surface area (Å²) in [6, 6.07) is 14.5. The van der Waals surface area contributed by atoms with E-state index < -0.39 is 11.9 Å². The zero-order valence-electron chi connectivity index (χ0n) is 14.8. The molecule has 0 saturated heterocycles. The molecule has 0 fully saturated rings. The molecule has 0 atom stereocenters. The molecule has 0 radical (unpaired) electrons. The van der Waals surface area contributed by atoms with Crippen molar-refractivity contribution in [1.29, 1.82) is 0 Å². The summed E-state index contributed by atoms with van der Waals surface area (Å²) < 4.78 is 2.48. The van der Waals surface area contributed by atoms with Crippen molar-refractivity contribution in [2.75, 3.05) is 27.2 Å². The van der Waals surface area contributed by atoms with Crippen LogP contribution >= 0.6 is 22.9 Å². The lowest BCUT2D eigenvalue weighted by Crippen LogP contribution is -2.17. The molecule has 8 heteroatoms. The van der Waals surface area contributed by atoms with Gasteiger partial charge in [-0.05, 0) is 38.4 Å². The second kappa shape index (κ2) is 9.45. The highest BCUT2D eigenvalue weighted by atomic mass is 35.5. The molecule has 1 aromatic heterocycles. The second-order valence-electron chi connectivity index (χ2n) is 5.88. The van der Waals surface area contributed by atoms with E-state index in [4.69, 9.17) is 36.4 Å². The number of likely N-dealkylation sites (N-methyl/N-ethyl adjacent to an activating group) is 1. The fourth-order valence-electron chi connectivity index (χ4n) is 2.32. The molecule has 2 N–H and O–H groups in total. The number of benzene rings is 2. The highest BCUT2D eigenvalue weighted by molar-refractivity contribution is 7.24. The first-order valence-corrected chi connectivity index (χ1v) is 9.21. The predicted octanol–water partition coefficient (Wildman–Crippen LogP) is 3.33. The van der Waals surface area contributed by atoms with Crippen LogP contribution in [-0.4, -0.2) is 54.2 Å². The summed E-state index contributed by atoms with van der Waals surface area (Å²) in [6.45, 7) is 1.72. The molecule has 0 amide bonds. The van der Waals surface area contributed by atoms with Crippen molar-refractivity contribution in [1.82, 2.24) is 4.90 Å². The molecule has 0 aliphatic carbocycles. The van der Waals surface area contributed by atoms with Crippen molar-refractivity contribution >= 4 is 55.0 Å². The van der Waals surface area contributed by atoms with Gasteiger partial charge in [-0.2, -0.15) is 0 Å². The fourth-order valence-corrected chi connectivity index (χ4v) is 3.56. The summed E-state index contributed by atoms with van der Waals surface area (Å²) in [4.78, 5) is 25.2. The van der Waals surface area contributed by atoms with E-state index in [9.17, 15) is 0 Å². The number of halogens is 1. The minimum absolute atomic E-state index is 0.758. The molecule has 3 aromatic rings. The molecule has 0 aliphatic heterocycles. The van der Waals surface area contributed by atoms with Crippen LogP contribution in [0.5, 0.6) is 0 Å². The van der Waals surface area contributed by atoms with Crippen LogP contribution in [0.25, 0.3) is 20.2 Å². The zero-order valence-corrected chi connectivity index (χ0v) is 16.4. The number of rotatable bonds is 3. The number of hydrogen-bond donors (Lipinski definition) is 2. The Bertz CT molecular complexity index is 1030. The maximum Gasteiger partial charge on any atom is 0.414 e. The van der Waals surface area contributed by atoms with Crippen molar-refractivity contribution in [3.05, 3.63) is 52.8 Å². The Balaban J connectivity index is 0.000000380. The summed E-state index contributed by atoms with van der Waals surface area (Å²) >= 11 is 7.97. The molecule has 0 bridgehead atoms. The summed E-state index contributed by atoms with van der Waals surface area (Å²) in [5.41, 5.74) is 0. The van der Waals surface area contributed by atoms with E-state index in [2.05, 4.69) is 49.3 Å². The molecule has 0 aliphatic rings. The van der Waals surface area contributed by atoms with Crippen LogP contribution in [0.2, 0.25) is 5.02 Å². The maximum atomic E-state index is 9.10. The summed E-state index contributed by atoms with van der Waals surface area (Å²) in [6.07, 6.45) is 0. The molecular formula is C19H19ClN2O4S. The fraction of sp³-hybridized carbons (Fsp3) is 0.211. The van der Waals surface area contributed by atoms with E-state index in [1.54, 1.807) is 11.3 Å². The SMILES string of the molecule is CN(C)CCN=c1c2ccccc2sc2ccc(Cl)cc12.O=C(O)C(=O)O. The first kappa shape index (κ1) is 20.8. The number of nitrogens with zero attached hydrogens (tertiary/aromatic N) is 2. The lowest BCUT2D eigenvalue weighted by molar-refractivity contribution is -0.159. The van der Waals surface area contributed by atoms with Gasteiger partial charge in [-0.15, -0.1) is 11.3 Å². The van der Waals surface area contributed by atoms with Crippen LogP contribution < -0.4 is 5.36 Å². The van der Waals surface area contributed by atoms with Crippen LogP contribution in [0.15, 0.2) is 47.5 Å². The molecule has 0 saturated carbocycles. The molecule has 27 heavy (non-hydrogen) atoms. The highest BCUT2D eigenvalue weighted by Gasteiger charge is 2.05. The van der Waals surface area contributed by atoms with Crippen LogP contribution in [0.1, 0.15) is 0 Å². The molecule has 2 aromatic carbocycles. The lowest BCUT2D eigenvalue weighted by atomic mass is 10.2. The van der Waals surface area contributed by atoms with Gasteiger partial charge in [-0.1, -0.05) is 29.8 Å². The molecule has 3 rings (SSSR count). The topological polar surface area (TPSA) is 90.2 Å². The summed E-state index contributed by atoms with van der Waals surface area (Å²) in [5.74, 6) is -3.65. The predicted molar refractivity (Wildman–Crippen MR) is 109 cm³/mol. The van der Waals surface area contributed by atoms with E-state index in [0.717, 1.165) is 28.9 Å². The van der Waals surface area contributed by atoms with Crippen LogP contribution in [-0.2, 0) is 9.59 Å². The van der Waals surface area contributed by atoms with Gasteiger partial charge in [-0.3, -0.25) is 4.99 Å². The Morgan fingerprint density at radius 3 is 2.30 bits per heavy atom. The quantitative estimate of drug-likeness (QED) is 0.514. The smallest absolute Gasteiger partial charge is 0.414 e. The second-order valence-corrected chi connectivity index (χ2v) is 7.40. The summed E-state index contributed by atoms with van der Waals surface area (Å²) in [5, 5.41) is 18.9. The Kier molecular flexibility index (Phi) is 7.29. The molecule has 0 spiro atoms. The average Bonchev–Trinajstić information content (AvgIpc) is 2.61. The Morgan fingerprint density at radius 1 is 1.04 bits per heavy atom. The molecule has 1 heterocycles. The normalized spacial score (nSPS) is 11.5. The largest absolute Gasteiger partial charge is 0.473 e. The van der Waals surface area contributed by atoms with Gasteiger partial charge in [0, 0.05) is 31.7 Å². The highest BCUT2D eigenvalue weighted by Crippen LogP contribution is 2.26. The first-order chi connectivity index (χ1) is 12.8. The third-order valence-corrected chi connectivity index (χ3v) is 4.95. The van der Waals surface area contributed by atoms with Gasteiger partial charge >= 0.3 is 11.9 Å². The average molecular weight is 407 g/mol. The van der Waals surface area contributed by atoms with E-state index in [-0.39, 0.29) is 0 Å². The van der Waals surface area contributed by atoms with E-state index in [0.29, 0.717) is 0 Å². The standard InChI is InChI=1S/C17H17ClN2S.C2H2O4/c1-20(2)10-9-19-17-13-5-3-4-6-15(13)21-16-8-7-12(18)11-14(16)17;3-1(4)2(5)6/h3-8,11H,9-10H2,1-2H3;(H,3,4)(H,5,6). The number of hydrogen-bond acceptors (Lipinski definition) is 5. The van der Waals surface area contributed by atoms with Gasteiger partial charge in [0.05, 0.1) is 11.9 Å². The Morgan fingerprint density at radius 2 is 1.67 bits per heavy atom. The van der Waals surface area contributed by atoms with E-state index in [1.807, 2.05) is 12.1 Å². The minimum Gasteiger partial charge on any atom is -0.473 e. The van der Waals surface area contributed by atoms with Crippen LogP contribution in [0.4, 0.5) is 0 Å². The van der Waals surface area contributed by atoms with E-state index in [1.165, 1.54) is 14.8 Å². The molecule has 0 unspecified atom stereocenters. The van der Waals surface area contributed by atoms with Gasteiger partial charge in [0.1, 0.15) is 0 Å². The van der Waals surface area contributed by atoms with Crippen molar-refractivity contribution < 1.29 is 19.8 Å². The van der Waals surface area contributed by atoms with Crippen LogP contribution in [0.3, 0.4) is 0 Å². The third-order valence-electron chi connectivity index (χ3n) is 3.56. The van der Waals surface area contributed by atoms with Crippen LogP contribution in [0, 0.1) is 0 Å². The number of carbonyl (C=O) groups is 2. The lowest BCUT2D eigenvalue weighted by Gasteiger charge is -2.07. The summed E-state index contributed by atoms with van der Waals surface area (Å²) in [7, 11) is 4.13. The number of carboxylic acids is 2. The Labute approximate surface area is 165 Å². The van der Waals surface area contributed by atoms with Gasteiger partial charge in [0.2, 0.25) is 0 Å². The van der Waals surface area contributed by atoms with Crippen molar-refractivity contribution in [3.8, 4) is 0 Å². The van der Waals surface area contributed by atoms with Gasteiger partial charge in [0.25, 0.3) is 0 Å². The number of aliphatic carboxylic acids is 2. The monoisotopic (exact) mass is 406 g/mol. The van der Waals surface area contributed by atoms with Gasteiger partial charge in [0.15, 0.2) is 0 Å².